The zero-order valence-electron chi connectivity index (χ0n) is 14.7. The molecule has 0 radical (unpaired) electrons. The van der Waals surface area contributed by atoms with Crippen molar-refractivity contribution in [3.05, 3.63) is 53.9 Å². The van der Waals surface area contributed by atoms with Crippen molar-refractivity contribution in [1.29, 1.82) is 0 Å². The second-order valence-electron chi connectivity index (χ2n) is 6.63. The number of hydrogen-bond acceptors (Lipinski definition) is 5. The van der Waals surface area contributed by atoms with Crippen molar-refractivity contribution in [2.24, 2.45) is 0 Å². The van der Waals surface area contributed by atoms with E-state index in [1.54, 1.807) is 0 Å². The van der Waals surface area contributed by atoms with Crippen LogP contribution in [0.5, 0.6) is 0 Å². The molecule has 6 nitrogen and oxygen atoms in total. The van der Waals surface area contributed by atoms with Gasteiger partial charge in [-0.15, -0.1) is 15.3 Å². The highest BCUT2D eigenvalue weighted by molar-refractivity contribution is 5.46. The number of anilines is 1. The molecule has 0 aliphatic carbocycles. The minimum atomic E-state index is 0.806. The zero-order chi connectivity index (χ0) is 17.1. The van der Waals surface area contributed by atoms with Crippen LogP contribution in [-0.2, 0) is 6.42 Å². The van der Waals surface area contributed by atoms with E-state index < -0.39 is 0 Å². The van der Waals surface area contributed by atoms with Crippen LogP contribution in [0.2, 0.25) is 0 Å². The average Bonchev–Trinajstić information content (AvgIpc) is 3.04. The maximum Gasteiger partial charge on any atom is 0.178 e. The molecule has 1 saturated heterocycles. The van der Waals surface area contributed by atoms with Crippen molar-refractivity contribution in [3.63, 3.8) is 0 Å². The summed E-state index contributed by atoms with van der Waals surface area (Å²) in [4.78, 5) is 4.91. The molecule has 0 saturated carbocycles. The summed E-state index contributed by atoms with van der Waals surface area (Å²) in [6, 6.07) is 14.8. The minimum Gasteiger partial charge on any atom is -0.353 e. The van der Waals surface area contributed by atoms with Gasteiger partial charge in [0.15, 0.2) is 11.5 Å². The molecule has 1 aliphatic rings. The molecule has 6 heteroatoms. The minimum absolute atomic E-state index is 0.806. The van der Waals surface area contributed by atoms with Crippen molar-refractivity contribution in [1.82, 2.24) is 24.7 Å². The van der Waals surface area contributed by atoms with Crippen molar-refractivity contribution < 1.29 is 0 Å². The Morgan fingerprint density at radius 1 is 0.920 bits per heavy atom. The number of hydrogen-bond donors (Lipinski definition) is 0. The molecule has 25 heavy (non-hydrogen) atoms. The Balaban J connectivity index is 1.29. The van der Waals surface area contributed by atoms with Gasteiger partial charge < -0.3 is 4.90 Å². The third kappa shape index (κ3) is 3.64. The van der Waals surface area contributed by atoms with E-state index in [1.165, 1.54) is 18.5 Å². The molecule has 0 amide bonds. The van der Waals surface area contributed by atoms with Crippen LogP contribution >= 0.6 is 0 Å². The van der Waals surface area contributed by atoms with Gasteiger partial charge in [-0.2, -0.15) is 4.52 Å². The fourth-order valence-corrected chi connectivity index (χ4v) is 3.41. The van der Waals surface area contributed by atoms with E-state index in [1.807, 2.05) is 17.5 Å². The van der Waals surface area contributed by atoms with E-state index in [2.05, 4.69) is 61.5 Å². The highest BCUT2D eigenvalue weighted by Gasteiger charge is 2.18. The van der Waals surface area contributed by atoms with Crippen LogP contribution in [-0.4, -0.2) is 57.4 Å². The maximum absolute atomic E-state index is 4.68. The SMILES string of the molecule is Cc1nnc2ccc(N3CCN(CCCc4ccccc4)CC3)nn12. The first kappa shape index (κ1) is 16.0. The molecule has 4 rings (SSSR count). The molecule has 0 spiro atoms. The summed E-state index contributed by atoms with van der Waals surface area (Å²) in [6.45, 7) is 7.32. The van der Waals surface area contributed by atoms with Gasteiger partial charge in [0, 0.05) is 26.2 Å². The molecular formula is C19H24N6. The molecule has 1 aliphatic heterocycles. The lowest BCUT2D eigenvalue weighted by atomic mass is 10.1. The topological polar surface area (TPSA) is 49.6 Å². The van der Waals surface area contributed by atoms with Crippen LogP contribution in [0, 0.1) is 6.92 Å². The quantitative estimate of drug-likeness (QED) is 0.715. The average molecular weight is 336 g/mol. The van der Waals surface area contributed by atoms with Crippen molar-refractivity contribution in [2.45, 2.75) is 19.8 Å². The molecule has 3 heterocycles. The molecule has 1 fully saturated rings. The maximum atomic E-state index is 4.68. The fraction of sp³-hybridized carbons (Fsp3) is 0.421. The van der Waals surface area contributed by atoms with Gasteiger partial charge in [-0.05, 0) is 44.0 Å². The summed E-state index contributed by atoms with van der Waals surface area (Å²) in [5.41, 5.74) is 2.24. The summed E-state index contributed by atoms with van der Waals surface area (Å²) >= 11 is 0. The predicted molar refractivity (Wildman–Crippen MR) is 98.9 cm³/mol. The summed E-state index contributed by atoms with van der Waals surface area (Å²) in [7, 11) is 0. The number of benzene rings is 1. The normalized spacial score (nSPS) is 15.8. The number of nitrogens with zero attached hydrogens (tertiary/aromatic N) is 6. The third-order valence-electron chi connectivity index (χ3n) is 4.88. The number of aromatic nitrogens is 4. The molecule has 3 aromatic rings. The number of fused-ring (bicyclic) bond motifs is 1. The Kier molecular flexibility index (Phi) is 4.61. The van der Waals surface area contributed by atoms with Crippen LogP contribution in [0.3, 0.4) is 0 Å². The first-order chi connectivity index (χ1) is 12.3. The molecule has 130 valence electrons. The number of rotatable bonds is 5. The molecule has 0 bridgehead atoms. The molecule has 0 atom stereocenters. The van der Waals surface area contributed by atoms with Crippen LogP contribution < -0.4 is 4.90 Å². The predicted octanol–water partition coefficient (Wildman–Crippen LogP) is 2.19. The van der Waals surface area contributed by atoms with Gasteiger partial charge in [0.2, 0.25) is 0 Å². The monoisotopic (exact) mass is 336 g/mol. The van der Waals surface area contributed by atoms with E-state index in [0.717, 1.165) is 49.9 Å². The van der Waals surface area contributed by atoms with Crippen molar-refractivity contribution >= 4 is 11.5 Å². The summed E-state index contributed by atoms with van der Waals surface area (Å²) in [6.07, 6.45) is 2.38. The van der Waals surface area contributed by atoms with Gasteiger partial charge in [-0.3, -0.25) is 4.90 Å². The van der Waals surface area contributed by atoms with Gasteiger partial charge >= 0.3 is 0 Å². The Labute approximate surface area is 148 Å². The van der Waals surface area contributed by atoms with Gasteiger partial charge in [0.1, 0.15) is 5.82 Å². The highest BCUT2D eigenvalue weighted by Crippen LogP contribution is 2.15. The Bertz CT molecular complexity index is 820. The lowest BCUT2D eigenvalue weighted by molar-refractivity contribution is 0.254. The lowest BCUT2D eigenvalue weighted by Gasteiger charge is -2.35. The fourth-order valence-electron chi connectivity index (χ4n) is 3.41. The third-order valence-corrected chi connectivity index (χ3v) is 4.88. The summed E-state index contributed by atoms with van der Waals surface area (Å²) < 4.78 is 1.82. The Morgan fingerprint density at radius 2 is 1.72 bits per heavy atom. The number of piperazine rings is 1. The van der Waals surface area contributed by atoms with Gasteiger partial charge in [0.05, 0.1) is 0 Å². The molecule has 1 aromatic carbocycles. The van der Waals surface area contributed by atoms with Gasteiger partial charge in [0.25, 0.3) is 0 Å². The number of aryl methyl sites for hydroxylation is 2. The van der Waals surface area contributed by atoms with Crippen molar-refractivity contribution in [2.75, 3.05) is 37.6 Å². The van der Waals surface area contributed by atoms with E-state index in [0.29, 0.717) is 0 Å². The second kappa shape index (κ2) is 7.19. The first-order valence-corrected chi connectivity index (χ1v) is 9.00. The van der Waals surface area contributed by atoms with Crippen LogP contribution in [0.4, 0.5) is 5.82 Å². The van der Waals surface area contributed by atoms with Crippen LogP contribution in [0.15, 0.2) is 42.5 Å². The van der Waals surface area contributed by atoms with E-state index in [4.69, 9.17) is 0 Å². The van der Waals surface area contributed by atoms with E-state index >= 15 is 0 Å². The summed E-state index contributed by atoms with van der Waals surface area (Å²) in [5.74, 6) is 1.84. The molecule has 0 N–H and O–H groups in total. The van der Waals surface area contributed by atoms with Crippen molar-refractivity contribution in [3.8, 4) is 0 Å². The standard InChI is InChI=1S/C19H24N6/c1-16-20-21-18-9-10-19(22-25(16)18)24-14-12-23(13-15-24)11-5-8-17-6-3-2-4-7-17/h2-4,6-7,9-10H,5,8,11-15H2,1H3. The van der Waals surface area contributed by atoms with Crippen LogP contribution in [0.25, 0.3) is 5.65 Å². The molecular weight excluding hydrogens is 312 g/mol. The Hall–Kier alpha value is -2.47. The zero-order valence-corrected chi connectivity index (χ0v) is 14.7. The lowest BCUT2D eigenvalue weighted by Crippen LogP contribution is -2.47. The van der Waals surface area contributed by atoms with Gasteiger partial charge in [-0.25, -0.2) is 0 Å². The summed E-state index contributed by atoms with van der Waals surface area (Å²) in [5, 5.41) is 12.9. The first-order valence-electron chi connectivity index (χ1n) is 9.00. The highest BCUT2D eigenvalue weighted by atomic mass is 15.4. The largest absolute Gasteiger partial charge is 0.353 e. The molecule has 2 aromatic heterocycles. The Morgan fingerprint density at radius 3 is 2.52 bits per heavy atom. The van der Waals surface area contributed by atoms with E-state index in [9.17, 15) is 0 Å². The smallest absolute Gasteiger partial charge is 0.178 e. The van der Waals surface area contributed by atoms with Gasteiger partial charge in [-0.1, -0.05) is 30.3 Å². The molecule has 0 unspecified atom stereocenters. The second-order valence-corrected chi connectivity index (χ2v) is 6.63. The van der Waals surface area contributed by atoms with Crippen LogP contribution in [0.1, 0.15) is 17.8 Å². The van der Waals surface area contributed by atoms with E-state index in [-0.39, 0.29) is 0 Å².